The molecular weight excluding hydrogens is 937 g/mol. The van der Waals surface area contributed by atoms with Crippen molar-refractivity contribution in [2.75, 3.05) is 13.1 Å². The maximum Gasteiger partial charge on any atom is 0.261 e. The standard InChI is InChI=1S/C30H33N3OS.C24H26BrN5OS/c1-30(2,3)24-12-13-25-22(16-24)15-23-17-27(35-29(23)33-25)28(34)32-26(18-31)21-11-7-10-20(14-21)19-8-5-4-6-9-19;1-24(2,3)17-7-8-19-15(10-17)9-16-12-21(32-23(16)29-19)22(31)28-20(13-27-30-26)14-5-4-6-18(25)11-14/h4-11,14-15,17,24,26H,12-13,16,18,31H2,1-3H3,(H,32,34);4-6,9,11-12,17,20H,7-8,10,13H2,1-3H3,(H,28,31)/t24?,26-;17?,20-/m11/s1. The predicted octanol–water partition coefficient (Wildman–Crippen LogP) is 13.5. The van der Waals surface area contributed by atoms with E-state index in [4.69, 9.17) is 21.2 Å². The summed E-state index contributed by atoms with van der Waals surface area (Å²) in [7, 11) is 0. The molecule has 0 saturated carbocycles. The monoisotopic (exact) mass is 994 g/mol. The number of nitrogens with two attached hydrogens (primary N) is 1. The first-order valence-corrected chi connectivity index (χ1v) is 25.6. The molecule has 2 amide bonds. The lowest BCUT2D eigenvalue weighted by atomic mass is 9.71. The molecule has 2 unspecified atom stereocenters. The fourth-order valence-corrected chi connectivity index (χ4v) is 11.6. The zero-order valence-electron chi connectivity index (χ0n) is 39.1. The number of thiophene rings is 2. The van der Waals surface area contributed by atoms with Crippen molar-refractivity contribution in [2.24, 2.45) is 33.5 Å². The third-order valence-corrected chi connectivity index (χ3v) is 16.0. The second kappa shape index (κ2) is 20.4. The Morgan fingerprint density at radius 2 is 1.22 bits per heavy atom. The van der Waals surface area contributed by atoms with Crippen molar-refractivity contribution in [2.45, 2.75) is 92.2 Å². The summed E-state index contributed by atoms with van der Waals surface area (Å²) in [6, 6.07) is 33.8. The topological polar surface area (TPSA) is 159 Å². The molecule has 3 aromatic carbocycles. The summed E-state index contributed by atoms with van der Waals surface area (Å²) in [5.41, 5.74) is 24.6. The largest absolute Gasteiger partial charge is 0.344 e. The van der Waals surface area contributed by atoms with Crippen molar-refractivity contribution in [1.82, 2.24) is 20.6 Å². The normalized spacial score (nSPS) is 16.7. The van der Waals surface area contributed by atoms with Crippen LogP contribution in [-0.2, 0) is 25.7 Å². The van der Waals surface area contributed by atoms with E-state index in [9.17, 15) is 9.59 Å². The number of aryl methyl sites for hydroxylation is 2. The smallest absolute Gasteiger partial charge is 0.261 e. The van der Waals surface area contributed by atoms with Gasteiger partial charge in [0.15, 0.2) is 0 Å². The highest BCUT2D eigenvalue weighted by Crippen LogP contribution is 2.40. The van der Waals surface area contributed by atoms with Crippen LogP contribution in [0.15, 0.2) is 113 Å². The lowest BCUT2D eigenvalue weighted by Gasteiger charge is -2.34. The highest BCUT2D eigenvalue weighted by atomic mass is 79.9. The van der Waals surface area contributed by atoms with Crippen LogP contribution in [0.25, 0.3) is 42.0 Å². The third kappa shape index (κ3) is 11.5. The molecule has 0 saturated heterocycles. The fourth-order valence-electron chi connectivity index (χ4n) is 9.33. The molecule has 346 valence electrons. The lowest BCUT2D eigenvalue weighted by Crippen LogP contribution is -2.33. The molecule has 13 heteroatoms. The number of nitrogens with zero attached hydrogens (tertiary/aromatic N) is 5. The van der Waals surface area contributed by atoms with Crippen LogP contribution in [0.5, 0.6) is 0 Å². The average Bonchev–Trinajstić information content (AvgIpc) is 3.94. The SMILES string of the molecule is CC(C)(C)C1CCc2nc3sc(C(=O)N[C@H](CN)c4cccc(-c5ccccc5)c4)cc3cc2C1.CC(C)(C)C1CCc2nc3sc(C(=O)N[C@H](CN=[N+]=[N-])c4cccc(Br)c4)cc3cc2C1. The molecule has 4 atom stereocenters. The molecule has 9 rings (SSSR count). The molecular formula is C54H59BrN8O2S2. The maximum absolute atomic E-state index is 13.2. The van der Waals surface area contributed by atoms with Crippen LogP contribution >= 0.6 is 38.6 Å². The predicted molar refractivity (Wildman–Crippen MR) is 279 cm³/mol. The molecule has 0 fully saturated rings. The van der Waals surface area contributed by atoms with Gasteiger partial charge in [0.1, 0.15) is 9.66 Å². The molecule has 67 heavy (non-hydrogen) atoms. The molecule has 0 spiro atoms. The van der Waals surface area contributed by atoms with Crippen molar-refractivity contribution < 1.29 is 9.59 Å². The number of pyridine rings is 2. The molecule has 7 aromatic rings. The minimum absolute atomic E-state index is 0.0981. The highest BCUT2D eigenvalue weighted by Gasteiger charge is 2.31. The van der Waals surface area contributed by atoms with Crippen LogP contribution < -0.4 is 16.4 Å². The molecule has 4 heterocycles. The summed E-state index contributed by atoms with van der Waals surface area (Å²) >= 11 is 6.34. The van der Waals surface area contributed by atoms with Crippen molar-refractivity contribution >= 4 is 70.9 Å². The number of carbonyl (C=O) groups excluding carboxylic acids is 2. The molecule has 10 nitrogen and oxygen atoms in total. The first kappa shape index (κ1) is 48.0. The zero-order chi connectivity index (χ0) is 47.5. The summed E-state index contributed by atoms with van der Waals surface area (Å²) in [6.45, 7) is 14.4. The number of halogens is 1. The Kier molecular flexibility index (Phi) is 14.6. The van der Waals surface area contributed by atoms with Crippen molar-refractivity contribution in [1.29, 1.82) is 0 Å². The van der Waals surface area contributed by atoms with Crippen LogP contribution in [0.2, 0.25) is 0 Å². The molecule has 0 radical (unpaired) electrons. The quantitative estimate of drug-likeness (QED) is 0.0706. The number of amides is 2. The number of benzene rings is 3. The number of fused-ring (bicyclic) bond motifs is 4. The van der Waals surface area contributed by atoms with Crippen LogP contribution in [0.1, 0.15) is 119 Å². The Labute approximate surface area is 410 Å². The van der Waals surface area contributed by atoms with Gasteiger partial charge in [-0.25, -0.2) is 9.97 Å². The number of hydrogen-bond donors (Lipinski definition) is 3. The van der Waals surface area contributed by atoms with Crippen LogP contribution in [0.3, 0.4) is 0 Å². The van der Waals surface area contributed by atoms with Gasteiger partial charge in [0, 0.05) is 38.1 Å². The van der Waals surface area contributed by atoms with Gasteiger partial charge in [-0.1, -0.05) is 123 Å². The molecule has 0 aliphatic heterocycles. The Morgan fingerprint density at radius 3 is 1.73 bits per heavy atom. The van der Waals surface area contributed by atoms with Gasteiger partial charge in [-0.3, -0.25) is 9.59 Å². The molecule has 4 aromatic heterocycles. The highest BCUT2D eigenvalue weighted by molar-refractivity contribution is 9.10. The van der Waals surface area contributed by atoms with E-state index in [-0.39, 0.29) is 29.8 Å². The van der Waals surface area contributed by atoms with Gasteiger partial charge in [-0.2, -0.15) is 0 Å². The Hall–Kier alpha value is -5.43. The Balaban J connectivity index is 0.000000182. The number of hydrogen-bond acceptors (Lipinski definition) is 8. The van der Waals surface area contributed by atoms with Crippen LogP contribution in [0.4, 0.5) is 0 Å². The summed E-state index contributed by atoms with van der Waals surface area (Å²) in [6.07, 6.45) is 6.43. The number of nitrogens with one attached hydrogen (secondary N) is 2. The van der Waals surface area contributed by atoms with Gasteiger partial charge in [0.05, 0.1) is 28.4 Å². The fraction of sp³-hybridized carbons (Fsp3) is 0.370. The summed E-state index contributed by atoms with van der Waals surface area (Å²) in [5.74, 6) is 1.02. The van der Waals surface area contributed by atoms with E-state index < -0.39 is 6.04 Å². The minimum atomic E-state index is -0.408. The Morgan fingerprint density at radius 1 is 0.716 bits per heavy atom. The average molecular weight is 996 g/mol. The van der Waals surface area contributed by atoms with Crippen LogP contribution in [0, 0.1) is 22.7 Å². The van der Waals surface area contributed by atoms with Gasteiger partial charge in [-0.05, 0) is 143 Å². The zero-order valence-corrected chi connectivity index (χ0v) is 42.3. The van der Waals surface area contributed by atoms with Gasteiger partial charge in [0.25, 0.3) is 11.8 Å². The number of aromatic nitrogens is 2. The van der Waals surface area contributed by atoms with E-state index in [0.29, 0.717) is 33.5 Å². The number of rotatable bonds is 10. The maximum atomic E-state index is 13.2. The van der Waals surface area contributed by atoms with Crippen molar-refractivity contribution in [3.05, 3.63) is 161 Å². The first-order valence-electron chi connectivity index (χ1n) is 23.1. The van der Waals surface area contributed by atoms with Gasteiger partial charge in [-0.15, -0.1) is 22.7 Å². The van der Waals surface area contributed by atoms with Crippen LogP contribution in [-0.4, -0.2) is 34.9 Å². The minimum Gasteiger partial charge on any atom is -0.344 e. The first-order chi connectivity index (χ1) is 32.1. The summed E-state index contributed by atoms with van der Waals surface area (Å²) < 4.78 is 0.903. The Bertz CT molecular complexity index is 2960. The van der Waals surface area contributed by atoms with Gasteiger partial charge in [0.2, 0.25) is 0 Å². The number of azide groups is 1. The van der Waals surface area contributed by atoms with Gasteiger partial charge >= 0.3 is 0 Å². The molecule has 0 bridgehead atoms. The second-order valence-corrected chi connectivity index (χ2v) is 23.0. The van der Waals surface area contributed by atoms with Crippen molar-refractivity contribution in [3.8, 4) is 11.1 Å². The van der Waals surface area contributed by atoms with E-state index in [0.717, 1.165) is 79.3 Å². The van der Waals surface area contributed by atoms with E-state index in [1.165, 1.54) is 51.6 Å². The lowest BCUT2D eigenvalue weighted by molar-refractivity contribution is 0.0933. The van der Waals surface area contributed by atoms with E-state index in [1.54, 1.807) is 0 Å². The van der Waals surface area contributed by atoms with Gasteiger partial charge < -0.3 is 16.4 Å². The molecule has 4 N–H and O–H groups in total. The third-order valence-electron chi connectivity index (χ3n) is 13.5. The van der Waals surface area contributed by atoms with E-state index >= 15 is 0 Å². The van der Waals surface area contributed by atoms with E-state index in [2.05, 4.69) is 115 Å². The van der Waals surface area contributed by atoms with E-state index in [1.807, 2.05) is 66.7 Å². The second-order valence-electron chi connectivity index (χ2n) is 20.1. The number of carbonyl (C=O) groups is 2. The molecule has 2 aliphatic rings. The van der Waals surface area contributed by atoms with Crippen molar-refractivity contribution in [3.63, 3.8) is 0 Å². The summed E-state index contributed by atoms with van der Waals surface area (Å²) in [4.78, 5) is 42.2. The summed E-state index contributed by atoms with van der Waals surface area (Å²) in [5, 5.41) is 11.9. The molecule has 2 aliphatic carbocycles.